The number of hydrogen-bond donors (Lipinski definition) is 3. The van der Waals surface area contributed by atoms with Crippen LogP contribution in [0.2, 0.25) is 0 Å². The highest BCUT2D eigenvalue weighted by molar-refractivity contribution is 6.05. The highest BCUT2D eigenvalue weighted by Crippen LogP contribution is 2.28. The Labute approximate surface area is 187 Å². The Bertz CT molecular complexity index is 1550. The molecule has 0 fully saturated rings. The minimum atomic E-state index is -0.628. The van der Waals surface area contributed by atoms with Gasteiger partial charge >= 0.3 is 0 Å². The van der Waals surface area contributed by atoms with Crippen molar-refractivity contribution in [3.05, 3.63) is 101 Å². The van der Waals surface area contributed by atoms with E-state index in [4.69, 9.17) is 0 Å². The maximum absolute atomic E-state index is 12.8. The first kappa shape index (κ1) is 20.2. The maximum Gasteiger partial charge on any atom is 0.290 e. The van der Waals surface area contributed by atoms with Crippen molar-refractivity contribution in [2.45, 2.75) is 6.54 Å². The molecule has 5 rings (SSSR count). The molecule has 0 saturated heterocycles. The molecule has 0 aliphatic heterocycles. The van der Waals surface area contributed by atoms with Crippen LogP contribution in [0.1, 0.15) is 10.5 Å². The second kappa shape index (κ2) is 8.43. The summed E-state index contributed by atoms with van der Waals surface area (Å²) in [5.74, 6) is -1.04. The third-order valence-corrected chi connectivity index (χ3v) is 5.41. The summed E-state index contributed by atoms with van der Waals surface area (Å²) in [6.07, 6.45) is 0. The summed E-state index contributed by atoms with van der Waals surface area (Å²) in [4.78, 5) is 37.4. The average Bonchev–Trinajstić information content (AvgIpc) is 3.22. The van der Waals surface area contributed by atoms with Gasteiger partial charge in [-0.3, -0.25) is 25.2 Å². The molecular formula is C25H19N5O3. The third-order valence-electron chi connectivity index (χ3n) is 5.41. The van der Waals surface area contributed by atoms with Crippen LogP contribution in [0.25, 0.3) is 32.9 Å². The number of aromatic nitrogens is 3. The van der Waals surface area contributed by atoms with Crippen molar-refractivity contribution in [2.75, 3.05) is 0 Å². The van der Waals surface area contributed by atoms with Crippen LogP contribution in [0.4, 0.5) is 0 Å². The molecule has 0 unspecified atom stereocenters. The van der Waals surface area contributed by atoms with E-state index in [9.17, 15) is 14.4 Å². The van der Waals surface area contributed by atoms with Crippen molar-refractivity contribution in [3.8, 4) is 11.3 Å². The summed E-state index contributed by atoms with van der Waals surface area (Å²) in [7, 11) is 0. The monoisotopic (exact) mass is 437 g/mol. The summed E-state index contributed by atoms with van der Waals surface area (Å²) in [5, 5.41) is 7.91. The van der Waals surface area contributed by atoms with Crippen molar-refractivity contribution < 1.29 is 9.59 Å². The van der Waals surface area contributed by atoms with Gasteiger partial charge in [-0.1, -0.05) is 66.7 Å². The van der Waals surface area contributed by atoms with Gasteiger partial charge in [0.1, 0.15) is 6.54 Å². The lowest BCUT2D eigenvalue weighted by molar-refractivity contribution is -0.122. The summed E-state index contributed by atoms with van der Waals surface area (Å²) in [6.45, 7) is -0.00216. The molecule has 3 aromatic carbocycles. The Morgan fingerprint density at radius 2 is 1.55 bits per heavy atom. The number of rotatable bonds is 4. The van der Waals surface area contributed by atoms with Gasteiger partial charge in [0.2, 0.25) is 0 Å². The molecule has 162 valence electrons. The van der Waals surface area contributed by atoms with Crippen molar-refractivity contribution in [2.24, 2.45) is 0 Å². The quantitative estimate of drug-likeness (QED) is 0.376. The molecule has 0 bridgehead atoms. The normalized spacial score (nSPS) is 10.9. The van der Waals surface area contributed by atoms with Crippen LogP contribution in [0, 0.1) is 0 Å². The van der Waals surface area contributed by atoms with Crippen LogP contribution >= 0.6 is 0 Å². The first-order chi connectivity index (χ1) is 16.1. The number of H-pyrrole nitrogens is 1. The lowest BCUT2D eigenvalue weighted by Gasteiger charge is -2.12. The van der Waals surface area contributed by atoms with Gasteiger partial charge in [-0.25, -0.2) is 5.10 Å². The van der Waals surface area contributed by atoms with E-state index in [1.54, 1.807) is 24.3 Å². The lowest BCUT2D eigenvalue weighted by atomic mass is 10.1. The Balaban J connectivity index is 1.38. The highest BCUT2D eigenvalue weighted by atomic mass is 16.2. The van der Waals surface area contributed by atoms with E-state index in [1.807, 2.05) is 65.2 Å². The summed E-state index contributed by atoms with van der Waals surface area (Å²) >= 11 is 0. The zero-order chi connectivity index (χ0) is 22.8. The van der Waals surface area contributed by atoms with Crippen molar-refractivity contribution in [1.82, 2.24) is 25.6 Å². The first-order valence-electron chi connectivity index (χ1n) is 10.3. The molecule has 0 spiro atoms. The largest absolute Gasteiger partial charge is 0.331 e. The molecule has 0 aliphatic rings. The number of carbonyl (C=O) groups excluding carboxylic acids is 2. The van der Waals surface area contributed by atoms with Gasteiger partial charge in [0, 0.05) is 22.0 Å². The predicted octanol–water partition coefficient (Wildman–Crippen LogP) is 3.01. The van der Waals surface area contributed by atoms with Crippen molar-refractivity contribution in [1.29, 1.82) is 0 Å². The first-order valence-corrected chi connectivity index (χ1v) is 10.3. The third kappa shape index (κ3) is 3.85. The molecule has 0 aliphatic carbocycles. The minimum absolute atomic E-state index is 0.00216. The second-order valence-corrected chi connectivity index (χ2v) is 7.49. The van der Waals surface area contributed by atoms with Gasteiger partial charge in [0.25, 0.3) is 17.4 Å². The fourth-order valence-corrected chi connectivity index (χ4v) is 3.89. The fourth-order valence-electron chi connectivity index (χ4n) is 3.89. The van der Waals surface area contributed by atoms with E-state index in [0.717, 1.165) is 22.2 Å². The molecular weight excluding hydrogens is 418 g/mol. The van der Waals surface area contributed by atoms with Crippen LogP contribution < -0.4 is 16.4 Å². The Kier molecular flexibility index (Phi) is 5.16. The van der Waals surface area contributed by atoms with Crippen LogP contribution in [-0.2, 0) is 11.3 Å². The molecule has 3 N–H and O–H groups in total. The van der Waals surface area contributed by atoms with Crippen molar-refractivity contribution in [3.63, 3.8) is 0 Å². The summed E-state index contributed by atoms with van der Waals surface area (Å²) in [6, 6.07) is 26.3. The molecule has 0 radical (unpaired) electrons. The standard InChI is InChI=1S/C25H19N5O3/c31-22(26-29-25(33)23-18-11-5-6-12-19(18)24(32)28-27-23)15-30-20-13-7-4-10-17(20)14-21(30)16-8-2-1-3-9-16/h1-14H,15H2,(H,26,31)(H,28,32)(H,29,33). The Morgan fingerprint density at radius 3 is 2.36 bits per heavy atom. The molecule has 8 heteroatoms. The fraction of sp³-hybridized carbons (Fsp3) is 0.0400. The van der Waals surface area contributed by atoms with Gasteiger partial charge in [-0.15, -0.1) is 0 Å². The zero-order valence-electron chi connectivity index (χ0n) is 17.4. The van der Waals surface area contributed by atoms with E-state index >= 15 is 0 Å². The predicted molar refractivity (Wildman–Crippen MR) is 125 cm³/mol. The number of hydrogen-bond acceptors (Lipinski definition) is 4. The molecule has 2 aromatic heterocycles. The van der Waals surface area contributed by atoms with Crippen LogP contribution in [0.15, 0.2) is 89.7 Å². The Hall–Kier alpha value is -4.72. The number of nitrogens with zero attached hydrogens (tertiary/aromatic N) is 2. The number of carbonyl (C=O) groups is 2. The van der Waals surface area contributed by atoms with Gasteiger partial charge in [-0.05, 0) is 23.8 Å². The SMILES string of the molecule is O=C(Cn1c(-c2ccccc2)cc2ccccc21)NNC(=O)c1n[nH]c(=O)c2ccccc12. The van der Waals surface area contributed by atoms with Crippen molar-refractivity contribution >= 4 is 33.5 Å². The molecule has 33 heavy (non-hydrogen) atoms. The van der Waals surface area contributed by atoms with E-state index in [2.05, 4.69) is 21.0 Å². The van der Waals surface area contributed by atoms with Gasteiger partial charge in [0.05, 0.1) is 5.39 Å². The topological polar surface area (TPSA) is 109 Å². The minimum Gasteiger partial charge on any atom is -0.331 e. The highest BCUT2D eigenvalue weighted by Gasteiger charge is 2.17. The number of hydrazine groups is 1. The van der Waals surface area contributed by atoms with Gasteiger partial charge in [0.15, 0.2) is 5.69 Å². The lowest BCUT2D eigenvalue weighted by Crippen LogP contribution is -2.43. The number of para-hydroxylation sites is 1. The van der Waals surface area contributed by atoms with E-state index in [0.29, 0.717) is 10.8 Å². The molecule has 2 amide bonds. The average molecular weight is 437 g/mol. The van der Waals surface area contributed by atoms with Gasteiger partial charge < -0.3 is 4.57 Å². The molecule has 8 nitrogen and oxygen atoms in total. The Morgan fingerprint density at radius 1 is 0.848 bits per heavy atom. The molecule has 2 heterocycles. The zero-order valence-corrected chi connectivity index (χ0v) is 17.4. The van der Waals surface area contributed by atoms with Gasteiger partial charge in [-0.2, -0.15) is 5.10 Å². The summed E-state index contributed by atoms with van der Waals surface area (Å²) in [5.41, 5.74) is 7.25. The van der Waals surface area contributed by atoms with E-state index in [1.165, 1.54) is 0 Å². The molecule has 0 atom stereocenters. The maximum atomic E-state index is 12.8. The second-order valence-electron chi connectivity index (χ2n) is 7.49. The summed E-state index contributed by atoms with van der Waals surface area (Å²) < 4.78 is 1.90. The number of amides is 2. The smallest absolute Gasteiger partial charge is 0.290 e. The van der Waals surface area contributed by atoms with Crippen LogP contribution in [0.5, 0.6) is 0 Å². The number of fused-ring (bicyclic) bond motifs is 2. The van der Waals surface area contributed by atoms with Crippen LogP contribution in [0.3, 0.4) is 0 Å². The molecule has 0 saturated carbocycles. The molecule has 5 aromatic rings. The number of nitrogens with one attached hydrogen (secondary N) is 3. The number of benzene rings is 3. The van der Waals surface area contributed by atoms with E-state index in [-0.39, 0.29) is 17.8 Å². The number of aromatic amines is 1. The van der Waals surface area contributed by atoms with Crippen LogP contribution in [-0.4, -0.2) is 26.6 Å². The van der Waals surface area contributed by atoms with E-state index < -0.39 is 11.8 Å².